The molecule has 3 aromatic rings. The number of aromatic nitrogens is 2. The molecule has 1 saturated heterocycles. The fourth-order valence-electron chi connectivity index (χ4n) is 4.03. The van der Waals surface area contributed by atoms with Crippen LogP contribution >= 0.6 is 0 Å². The Morgan fingerprint density at radius 2 is 1.86 bits per heavy atom. The number of rotatable bonds is 5. The minimum atomic E-state index is -4.63. The summed E-state index contributed by atoms with van der Waals surface area (Å²) in [6.07, 6.45) is -4.72. The molecule has 0 amide bonds. The highest BCUT2D eigenvalue weighted by atomic mass is 19.4. The van der Waals surface area contributed by atoms with Crippen molar-refractivity contribution < 1.29 is 36.2 Å². The molecule has 5 rings (SSSR count). The van der Waals surface area contributed by atoms with Gasteiger partial charge in [0.25, 0.3) is 0 Å². The van der Waals surface area contributed by atoms with Crippen LogP contribution in [-0.4, -0.2) is 35.4 Å². The van der Waals surface area contributed by atoms with Gasteiger partial charge < -0.3 is 19.1 Å². The first-order valence-corrected chi connectivity index (χ1v) is 10.6. The van der Waals surface area contributed by atoms with Gasteiger partial charge in [0.2, 0.25) is 5.88 Å². The van der Waals surface area contributed by atoms with Crippen LogP contribution in [0.1, 0.15) is 11.1 Å². The highest BCUT2D eigenvalue weighted by molar-refractivity contribution is 5.45. The molecule has 3 heterocycles. The van der Waals surface area contributed by atoms with E-state index in [1.807, 2.05) is 4.90 Å². The van der Waals surface area contributed by atoms with E-state index >= 15 is 0 Å². The van der Waals surface area contributed by atoms with Gasteiger partial charge in [0, 0.05) is 19.2 Å². The van der Waals surface area contributed by atoms with E-state index in [-0.39, 0.29) is 29.9 Å². The summed E-state index contributed by atoms with van der Waals surface area (Å²) in [5.41, 5.74) is -1.47. The van der Waals surface area contributed by atoms with Gasteiger partial charge in [0.1, 0.15) is 18.2 Å². The number of alkyl halides is 3. The molecule has 0 spiro atoms. The second-order valence-electron chi connectivity index (χ2n) is 8.09. The third kappa shape index (κ3) is 4.78. The normalized spacial score (nSPS) is 17.2. The summed E-state index contributed by atoms with van der Waals surface area (Å²) in [7, 11) is 0. The van der Waals surface area contributed by atoms with Gasteiger partial charge in [0.15, 0.2) is 17.4 Å². The van der Waals surface area contributed by atoms with Crippen molar-refractivity contribution in [2.75, 3.05) is 24.6 Å². The summed E-state index contributed by atoms with van der Waals surface area (Å²) < 4.78 is 85.4. The molecule has 0 aliphatic carbocycles. The van der Waals surface area contributed by atoms with Gasteiger partial charge in [-0.3, -0.25) is 4.57 Å². The number of ether oxygens (including phenoxy) is 3. The van der Waals surface area contributed by atoms with E-state index in [4.69, 9.17) is 14.2 Å². The number of hydrogen-bond acceptors (Lipinski definition) is 6. The maximum Gasteiger partial charge on any atom is 0.416 e. The number of fused-ring (bicyclic) bond motifs is 4. The van der Waals surface area contributed by atoms with Crippen molar-refractivity contribution in [3.63, 3.8) is 0 Å². The third-order valence-corrected chi connectivity index (χ3v) is 5.64. The maximum atomic E-state index is 14.6. The Balaban J connectivity index is 1.32. The summed E-state index contributed by atoms with van der Waals surface area (Å²) in [5, 5.41) is 0. The lowest BCUT2D eigenvalue weighted by atomic mass is 10.2. The number of anilines is 1. The van der Waals surface area contributed by atoms with Gasteiger partial charge in [-0.1, -0.05) is 6.07 Å². The van der Waals surface area contributed by atoms with Crippen LogP contribution in [0.5, 0.6) is 17.4 Å². The maximum absolute atomic E-state index is 14.6. The summed E-state index contributed by atoms with van der Waals surface area (Å²) in [6, 6.07) is 7.14. The number of nitrogens with zero attached hydrogens (tertiary/aromatic N) is 3. The molecular formula is C23H18F5N3O4. The van der Waals surface area contributed by atoms with E-state index in [2.05, 4.69) is 4.98 Å². The molecule has 12 heteroatoms. The van der Waals surface area contributed by atoms with Crippen molar-refractivity contribution in [1.29, 1.82) is 0 Å². The lowest BCUT2D eigenvalue weighted by Crippen LogP contribution is -2.52. The number of halogens is 5. The molecule has 1 atom stereocenters. The predicted octanol–water partition coefficient (Wildman–Crippen LogP) is 4.13. The number of morpholine rings is 1. The van der Waals surface area contributed by atoms with Crippen LogP contribution in [0.25, 0.3) is 0 Å². The van der Waals surface area contributed by atoms with Gasteiger partial charge in [-0.2, -0.15) is 18.2 Å². The average molecular weight is 495 g/mol. The van der Waals surface area contributed by atoms with Crippen molar-refractivity contribution in [2.24, 2.45) is 0 Å². The molecule has 0 radical (unpaired) electrons. The Kier molecular flexibility index (Phi) is 5.83. The summed E-state index contributed by atoms with van der Waals surface area (Å²) >= 11 is 0. The van der Waals surface area contributed by atoms with E-state index in [1.165, 1.54) is 4.57 Å². The smallest absolute Gasteiger partial charge is 0.416 e. The Bertz CT molecular complexity index is 1300. The minimum absolute atomic E-state index is 0.00343. The fourth-order valence-corrected chi connectivity index (χ4v) is 4.03. The first-order chi connectivity index (χ1) is 16.7. The molecule has 2 aliphatic rings. The van der Waals surface area contributed by atoms with Gasteiger partial charge in [0.05, 0.1) is 24.8 Å². The van der Waals surface area contributed by atoms with Gasteiger partial charge in [-0.25, -0.2) is 13.6 Å². The summed E-state index contributed by atoms with van der Waals surface area (Å²) in [5.74, 6) is -2.85. The summed E-state index contributed by atoms with van der Waals surface area (Å²) in [4.78, 5) is 18.3. The molecule has 7 nitrogen and oxygen atoms in total. The van der Waals surface area contributed by atoms with Crippen LogP contribution in [-0.2, 0) is 24.1 Å². The molecule has 2 bridgehead atoms. The average Bonchev–Trinajstić information content (AvgIpc) is 2.81. The first kappa shape index (κ1) is 23.1. The molecule has 1 unspecified atom stereocenters. The molecule has 184 valence electrons. The van der Waals surface area contributed by atoms with E-state index in [0.717, 1.165) is 30.3 Å². The number of hydrogen-bond donors (Lipinski definition) is 0. The first-order valence-electron chi connectivity index (χ1n) is 10.6. The lowest BCUT2D eigenvalue weighted by Gasteiger charge is -2.40. The highest BCUT2D eigenvalue weighted by Gasteiger charge is 2.31. The second kappa shape index (κ2) is 8.84. The largest absolute Gasteiger partial charge is 0.473 e. The Morgan fingerprint density at radius 1 is 1.09 bits per heavy atom. The van der Waals surface area contributed by atoms with Crippen molar-refractivity contribution in [3.8, 4) is 17.4 Å². The molecule has 0 N–H and O–H groups in total. The van der Waals surface area contributed by atoms with Crippen molar-refractivity contribution >= 4 is 5.82 Å². The fraction of sp³-hybridized carbons (Fsp3) is 0.304. The van der Waals surface area contributed by atoms with Crippen LogP contribution in [0.15, 0.2) is 47.3 Å². The molecule has 1 aromatic heterocycles. The van der Waals surface area contributed by atoms with E-state index in [1.54, 1.807) is 6.07 Å². The Morgan fingerprint density at radius 3 is 2.60 bits per heavy atom. The van der Waals surface area contributed by atoms with Crippen molar-refractivity contribution in [2.45, 2.75) is 25.4 Å². The van der Waals surface area contributed by atoms with Crippen molar-refractivity contribution in [1.82, 2.24) is 9.55 Å². The van der Waals surface area contributed by atoms with Crippen LogP contribution in [0.2, 0.25) is 0 Å². The highest BCUT2D eigenvalue weighted by Crippen LogP contribution is 2.34. The topological polar surface area (TPSA) is 65.8 Å². The zero-order chi connectivity index (χ0) is 24.7. The van der Waals surface area contributed by atoms with Crippen LogP contribution in [0, 0.1) is 11.6 Å². The quantitative estimate of drug-likeness (QED) is 0.496. The molecular weight excluding hydrogens is 477 g/mol. The third-order valence-electron chi connectivity index (χ3n) is 5.64. The second-order valence-corrected chi connectivity index (χ2v) is 8.09. The molecule has 2 aliphatic heterocycles. The monoisotopic (exact) mass is 495 g/mol. The number of benzene rings is 2. The predicted molar refractivity (Wildman–Crippen MR) is 113 cm³/mol. The summed E-state index contributed by atoms with van der Waals surface area (Å²) in [6.45, 7) is 1.83. The molecule has 1 fully saturated rings. The van der Waals surface area contributed by atoms with E-state index in [9.17, 15) is 26.7 Å². The van der Waals surface area contributed by atoms with Crippen LogP contribution in [0.4, 0.5) is 27.8 Å². The lowest BCUT2D eigenvalue weighted by molar-refractivity contribution is -0.137. The SMILES string of the molecule is O=c1nc(OCc2cc(F)c(Oc3cccc(C(F)(F)F)c3)c(F)c2)cc2n1CC1CN2CCO1. The van der Waals surface area contributed by atoms with Crippen LogP contribution in [0.3, 0.4) is 0 Å². The zero-order valence-electron chi connectivity index (χ0n) is 18.0. The van der Waals surface area contributed by atoms with E-state index in [0.29, 0.717) is 38.1 Å². The minimum Gasteiger partial charge on any atom is -0.473 e. The van der Waals surface area contributed by atoms with Crippen molar-refractivity contribution in [3.05, 3.63) is 75.7 Å². The van der Waals surface area contributed by atoms with Crippen LogP contribution < -0.4 is 20.1 Å². The van der Waals surface area contributed by atoms with Gasteiger partial charge in [-0.15, -0.1) is 0 Å². The zero-order valence-corrected chi connectivity index (χ0v) is 18.0. The molecule has 35 heavy (non-hydrogen) atoms. The Labute approximate surface area is 195 Å². The van der Waals surface area contributed by atoms with E-state index < -0.39 is 34.8 Å². The Hall–Kier alpha value is -3.67. The molecule has 2 aromatic carbocycles. The standard InChI is InChI=1S/C23H18F5N3O4/c24-17-6-13(7-18(25)21(17)35-15-3-1-2-14(8-15)23(26,27)28)12-34-19-9-20-30-4-5-33-16(10-30)11-31(20)22(32)29-19/h1-3,6-9,16H,4-5,10-12H2. The van der Waals surface area contributed by atoms with Gasteiger partial charge in [-0.05, 0) is 35.9 Å². The molecule has 0 saturated carbocycles. The van der Waals surface area contributed by atoms with Gasteiger partial charge >= 0.3 is 11.9 Å².